The molecule has 0 aromatic heterocycles. The molecule has 0 spiro atoms. The number of fused-ring (bicyclic) bond motifs is 2. The molecule has 0 aliphatic carbocycles. The first-order chi connectivity index (χ1) is 11.2. The normalized spacial score (nSPS) is 23.8. The van der Waals surface area contributed by atoms with Crippen molar-refractivity contribution in [3.63, 3.8) is 0 Å². The Kier molecular flexibility index (Phi) is 5.02. The third kappa shape index (κ3) is 3.45. The van der Waals surface area contributed by atoms with Gasteiger partial charge in [-0.25, -0.2) is 18.8 Å². The average molecular weight is 344 g/mol. The van der Waals surface area contributed by atoms with E-state index in [9.17, 15) is 23.6 Å². The standard InChI is InChI=1S/C13H17FN4O6/c1-6-4-7-5-17(9(6)11(20)16-3-2-8(15)19)13(23)18(7)24-10(14)12(21)22/h4,7,9-10H,2-3,5H2,1H3,(H2,15,19)(H,16,20)(H,21,22)/t7-,9-,10?/m0/s1. The lowest BCUT2D eigenvalue weighted by molar-refractivity contribution is -0.219. The molecular formula is C13H17FN4O6. The molecule has 0 saturated carbocycles. The number of carbonyl (C=O) groups is 4. The van der Waals surface area contributed by atoms with Crippen LogP contribution >= 0.6 is 0 Å². The minimum absolute atomic E-state index is 0.0230. The van der Waals surface area contributed by atoms with Gasteiger partial charge in [-0.2, -0.15) is 5.06 Å². The number of carboxylic acid groups (broad SMARTS) is 1. The van der Waals surface area contributed by atoms with E-state index < -0.39 is 42.3 Å². The number of halogens is 1. The molecule has 2 aliphatic heterocycles. The van der Waals surface area contributed by atoms with E-state index in [0.717, 1.165) is 4.90 Å². The van der Waals surface area contributed by atoms with Gasteiger partial charge in [0.15, 0.2) is 0 Å². The zero-order valence-electron chi connectivity index (χ0n) is 12.8. The molecule has 10 nitrogen and oxygen atoms in total. The number of rotatable bonds is 7. The van der Waals surface area contributed by atoms with E-state index >= 15 is 0 Å². The first-order valence-electron chi connectivity index (χ1n) is 7.10. The average Bonchev–Trinajstić information content (AvgIpc) is 2.72. The van der Waals surface area contributed by atoms with Crippen LogP contribution in [0.3, 0.4) is 0 Å². The van der Waals surface area contributed by atoms with E-state index in [1.54, 1.807) is 6.92 Å². The van der Waals surface area contributed by atoms with Crippen LogP contribution in [0, 0.1) is 0 Å². The molecule has 4 amide bonds. The predicted octanol–water partition coefficient (Wildman–Crippen LogP) is -1.28. The van der Waals surface area contributed by atoms with Crippen molar-refractivity contribution in [1.29, 1.82) is 0 Å². The van der Waals surface area contributed by atoms with E-state index in [0.29, 0.717) is 10.6 Å². The Morgan fingerprint density at radius 3 is 2.79 bits per heavy atom. The Morgan fingerprint density at radius 1 is 1.54 bits per heavy atom. The van der Waals surface area contributed by atoms with E-state index in [1.807, 2.05) is 0 Å². The number of carboxylic acids is 1. The second-order valence-electron chi connectivity index (χ2n) is 5.41. The monoisotopic (exact) mass is 344 g/mol. The molecule has 24 heavy (non-hydrogen) atoms. The third-order valence-corrected chi connectivity index (χ3v) is 3.64. The Morgan fingerprint density at radius 2 is 2.21 bits per heavy atom. The van der Waals surface area contributed by atoms with Gasteiger partial charge in [-0.1, -0.05) is 6.08 Å². The van der Waals surface area contributed by atoms with Gasteiger partial charge in [-0.05, 0) is 12.5 Å². The number of nitrogens with one attached hydrogen (secondary N) is 1. The highest BCUT2D eigenvalue weighted by Crippen LogP contribution is 2.30. The molecule has 4 N–H and O–H groups in total. The number of hydrogen-bond donors (Lipinski definition) is 3. The van der Waals surface area contributed by atoms with Crippen molar-refractivity contribution < 1.29 is 33.5 Å². The first kappa shape index (κ1) is 17.7. The van der Waals surface area contributed by atoms with Crippen molar-refractivity contribution in [3.8, 4) is 0 Å². The zero-order chi connectivity index (χ0) is 18.0. The summed E-state index contributed by atoms with van der Waals surface area (Å²) in [5, 5.41) is 11.6. The van der Waals surface area contributed by atoms with Gasteiger partial charge < -0.3 is 21.1 Å². The van der Waals surface area contributed by atoms with Crippen molar-refractivity contribution in [2.45, 2.75) is 31.8 Å². The number of hydroxylamine groups is 2. The van der Waals surface area contributed by atoms with Crippen molar-refractivity contribution in [2.75, 3.05) is 13.1 Å². The fourth-order valence-corrected chi connectivity index (χ4v) is 2.62. The maximum absolute atomic E-state index is 13.2. The van der Waals surface area contributed by atoms with Crippen LogP contribution < -0.4 is 11.1 Å². The van der Waals surface area contributed by atoms with Gasteiger partial charge in [0.2, 0.25) is 11.8 Å². The van der Waals surface area contributed by atoms with Crippen molar-refractivity contribution in [3.05, 3.63) is 11.6 Å². The number of nitrogens with zero attached hydrogens (tertiary/aromatic N) is 2. The molecule has 0 radical (unpaired) electrons. The zero-order valence-corrected chi connectivity index (χ0v) is 12.8. The summed E-state index contributed by atoms with van der Waals surface area (Å²) in [6.45, 7) is 1.68. The van der Waals surface area contributed by atoms with Crippen LogP contribution in [0.2, 0.25) is 0 Å². The van der Waals surface area contributed by atoms with Crippen molar-refractivity contribution >= 4 is 23.8 Å². The predicted molar refractivity (Wildman–Crippen MR) is 75.7 cm³/mol. The number of primary amides is 1. The lowest BCUT2D eigenvalue weighted by Crippen LogP contribution is -2.50. The van der Waals surface area contributed by atoms with Gasteiger partial charge in [0.1, 0.15) is 6.04 Å². The number of hydrogen-bond acceptors (Lipinski definition) is 5. The second kappa shape index (κ2) is 6.83. The summed E-state index contributed by atoms with van der Waals surface area (Å²) in [6, 6.07) is -2.45. The molecule has 2 heterocycles. The van der Waals surface area contributed by atoms with E-state index in [-0.39, 0.29) is 19.5 Å². The molecule has 3 atom stereocenters. The maximum Gasteiger partial charge on any atom is 0.368 e. The number of urea groups is 1. The quantitative estimate of drug-likeness (QED) is 0.491. The molecule has 2 rings (SSSR count). The van der Waals surface area contributed by atoms with Crippen LogP contribution in [-0.2, 0) is 19.2 Å². The molecule has 1 fully saturated rings. The molecule has 2 aliphatic rings. The van der Waals surface area contributed by atoms with Gasteiger partial charge in [-0.15, -0.1) is 0 Å². The smallest absolute Gasteiger partial charge is 0.368 e. The van der Waals surface area contributed by atoms with E-state index in [2.05, 4.69) is 10.2 Å². The molecule has 1 saturated heterocycles. The Bertz CT molecular complexity index is 609. The summed E-state index contributed by atoms with van der Waals surface area (Å²) in [7, 11) is 0. The SMILES string of the molecule is CC1=C[C@H]2CN(C(=O)N2OC(F)C(=O)O)[C@@H]1C(=O)NCCC(N)=O. The summed E-state index contributed by atoms with van der Waals surface area (Å²) < 4.78 is 13.2. The molecule has 132 valence electrons. The highest BCUT2D eigenvalue weighted by molar-refractivity contribution is 5.91. The second-order valence-corrected chi connectivity index (χ2v) is 5.41. The minimum Gasteiger partial charge on any atom is -0.477 e. The number of aliphatic carboxylic acids is 1. The molecule has 1 unspecified atom stereocenters. The topological polar surface area (TPSA) is 142 Å². The first-order valence-corrected chi connectivity index (χ1v) is 7.10. The van der Waals surface area contributed by atoms with Crippen molar-refractivity contribution in [2.24, 2.45) is 5.73 Å². The van der Waals surface area contributed by atoms with Crippen LogP contribution in [0.5, 0.6) is 0 Å². The molecular weight excluding hydrogens is 327 g/mol. The summed E-state index contributed by atoms with van der Waals surface area (Å²) in [5.74, 6) is -2.96. The Labute approximate surface area is 136 Å². The lowest BCUT2D eigenvalue weighted by Gasteiger charge is -2.29. The van der Waals surface area contributed by atoms with Gasteiger partial charge >= 0.3 is 18.4 Å². The summed E-state index contributed by atoms with van der Waals surface area (Å²) in [6.07, 6.45) is -1.20. The third-order valence-electron chi connectivity index (χ3n) is 3.64. The van der Waals surface area contributed by atoms with Crippen LogP contribution in [0.15, 0.2) is 11.6 Å². The summed E-state index contributed by atoms with van der Waals surface area (Å²) in [5.41, 5.74) is 5.50. The summed E-state index contributed by atoms with van der Waals surface area (Å²) in [4.78, 5) is 51.4. The Hall–Kier alpha value is -2.69. The number of amides is 4. The highest BCUT2D eigenvalue weighted by atomic mass is 19.1. The maximum atomic E-state index is 13.2. The van der Waals surface area contributed by atoms with E-state index in [4.69, 9.17) is 10.8 Å². The largest absolute Gasteiger partial charge is 0.477 e. The molecule has 0 aromatic carbocycles. The number of alkyl halides is 1. The summed E-state index contributed by atoms with van der Waals surface area (Å²) >= 11 is 0. The Balaban J connectivity index is 2.08. The molecule has 2 bridgehead atoms. The van der Waals surface area contributed by atoms with Crippen LogP contribution in [-0.4, -0.2) is 70.4 Å². The fourth-order valence-electron chi connectivity index (χ4n) is 2.62. The van der Waals surface area contributed by atoms with Crippen LogP contribution in [0.1, 0.15) is 13.3 Å². The minimum atomic E-state index is -2.69. The van der Waals surface area contributed by atoms with Crippen LogP contribution in [0.4, 0.5) is 9.18 Å². The molecule has 11 heteroatoms. The number of nitrogens with two attached hydrogens (primary N) is 1. The molecule has 0 aromatic rings. The van der Waals surface area contributed by atoms with E-state index in [1.165, 1.54) is 6.08 Å². The van der Waals surface area contributed by atoms with Gasteiger partial charge in [-0.3, -0.25) is 9.59 Å². The van der Waals surface area contributed by atoms with Gasteiger partial charge in [0.25, 0.3) is 0 Å². The van der Waals surface area contributed by atoms with Crippen LogP contribution in [0.25, 0.3) is 0 Å². The van der Waals surface area contributed by atoms with Gasteiger partial charge in [0, 0.05) is 13.0 Å². The lowest BCUT2D eigenvalue weighted by atomic mass is 10.00. The van der Waals surface area contributed by atoms with Gasteiger partial charge in [0.05, 0.1) is 12.6 Å². The fraction of sp³-hybridized carbons (Fsp3) is 0.538. The highest BCUT2D eigenvalue weighted by Gasteiger charge is 2.48. The number of carbonyl (C=O) groups excluding carboxylic acids is 3. The van der Waals surface area contributed by atoms with Crippen molar-refractivity contribution in [1.82, 2.24) is 15.3 Å².